The number of anilines is 1. The number of hydrogen-bond donors (Lipinski definition) is 2. The molecule has 0 saturated heterocycles. The van der Waals surface area contributed by atoms with E-state index in [4.69, 9.17) is 10.5 Å². The molecule has 172 valence electrons. The number of rotatable bonds is 6. The predicted molar refractivity (Wildman–Crippen MR) is 120 cm³/mol. The number of hydrogen-bond acceptors (Lipinski definition) is 7. The van der Waals surface area contributed by atoms with Crippen molar-refractivity contribution < 1.29 is 17.5 Å². The van der Waals surface area contributed by atoms with Gasteiger partial charge in [0.25, 0.3) is 0 Å². The van der Waals surface area contributed by atoms with Crippen molar-refractivity contribution in [3.63, 3.8) is 0 Å². The second-order valence-corrected chi connectivity index (χ2v) is 10.9. The van der Waals surface area contributed by atoms with Crippen LogP contribution in [0.25, 0.3) is 11.2 Å². The van der Waals surface area contributed by atoms with Crippen molar-refractivity contribution in [1.29, 1.82) is 0 Å². The Balaban J connectivity index is 1.73. The Morgan fingerprint density at radius 3 is 2.72 bits per heavy atom. The van der Waals surface area contributed by atoms with Gasteiger partial charge in [-0.05, 0) is 50.5 Å². The van der Waals surface area contributed by atoms with E-state index in [1.165, 1.54) is 0 Å². The summed E-state index contributed by atoms with van der Waals surface area (Å²) in [4.78, 5) is 12.0. The number of halogens is 1. The van der Waals surface area contributed by atoms with E-state index in [0.29, 0.717) is 18.9 Å². The van der Waals surface area contributed by atoms with Crippen LogP contribution in [0.2, 0.25) is 0 Å². The van der Waals surface area contributed by atoms with Crippen molar-refractivity contribution in [2.75, 3.05) is 18.1 Å². The van der Waals surface area contributed by atoms with Gasteiger partial charge in [0.15, 0.2) is 17.0 Å². The fraction of sp³-hybridized carbons (Fsp3) is 0.476. The average molecular weight is 463 g/mol. The summed E-state index contributed by atoms with van der Waals surface area (Å²) in [7, 11) is -3.60. The Labute approximate surface area is 186 Å². The molecule has 3 aromatic rings. The maximum Gasteiger partial charge on any atom is 0.312 e. The first kappa shape index (κ1) is 22.4. The van der Waals surface area contributed by atoms with Gasteiger partial charge in [-0.2, -0.15) is 14.4 Å². The molecule has 0 saturated carbocycles. The van der Waals surface area contributed by atoms with Crippen LogP contribution in [0.5, 0.6) is 5.75 Å². The summed E-state index contributed by atoms with van der Waals surface area (Å²) in [6.45, 7) is 8.00. The number of benzene rings is 1. The summed E-state index contributed by atoms with van der Waals surface area (Å²) in [5.74, 6) is 1.06. The van der Waals surface area contributed by atoms with Crippen LogP contribution in [-0.4, -0.2) is 45.8 Å². The second kappa shape index (κ2) is 7.96. The van der Waals surface area contributed by atoms with Crippen molar-refractivity contribution in [1.82, 2.24) is 24.2 Å². The normalized spacial score (nSPS) is 14.0. The highest BCUT2D eigenvalue weighted by atomic mass is 32.2. The van der Waals surface area contributed by atoms with Gasteiger partial charge in [0.1, 0.15) is 11.6 Å². The number of nitrogens with zero attached hydrogens (tertiary/aromatic N) is 4. The number of sulfonamides is 1. The Hall–Kier alpha value is -2.79. The highest BCUT2D eigenvalue weighted by Gasteiger charge is 2.23. The van der Waals surface area contributed by atoms with E-state index in [9.17, 15) is 12.8 Å². The fourth-order valence-corrected chi connectivity index (χ4v) is 5.35. The second-order valence-electron chi connectivity index (χ2n) is 9.06. The summed E-state index contributed by atoms with van der Waals surface area (Å²) >= 11 is 0. The largest absolute Gasteiger partial charge is 0.493 e. The summed E-state index contributed by atoms with van der Waals surface area (Å²) in [6, 6.07) is 4.07. The SMILES string of the molecule is Cc1cc2c(cc1Cc1nc3c(N)nc(F)nc3n1CCS(=O)(=O)NC(C)(C)C)OCC2. The lowest BCUT2D eigenvalue weighted by atomic mass is 10.0. The van der Waals surface area contributed by atoms with Gasteiger partial charge < -0.3 is 15.0 Å². The molecule has 9 nitrogen and oxygen atoms in total. The quantitative estimate of drug-likeness (QED) is 0.538. The lowest BCUT2D eigenvalue weighted by Gasteiger charge is -2.20. The molecule has 1 aromatic carbocycles. The van der Waals surface area contributed by atoms with Crippen molar-refractivity contribution in [2.24, 2.45) is 0 Å². The monoisotopic (exact) mass is 462 g/mol. The molecule has 32 heavy (non-hydrogen) atoms. The molecule has 3 N–H and O–H groups in total. The summed E-state index contributed by atoms with van der Waals surface area (Å²) < 4.78 is 49.0. The minimum Gasteiger partial charge on any atom is -0.493 e. The van der Waals surface area contributed by atoms with Gasteiger partial charge >= 0.3 is 6.08 Å². The molecule has 0 radical (unpaired) electrons. The van der Waals surface area contributed by atoms with Gasteiger partial charge in [-0.3, -0.25) is 0 Å². The first-order chi connectivity index (χ1) is 14.9. The molecule has 0 fully saturated rings. The third-order valence-corrected chi connectivity index (χ3v) is 6.86. The molecule has 2 aromatic heterocycles. The molecule has 0 spiro atoms. The summed E-state index contributed by atoms with van der Waals surface area (Å²) in [5.41, 5.74) is 8.90. The lowest BCUT2D eigenvalue weighted by Crippen LogP contribution is -2.42. The van der Waals surface area contributed by atoms with Gasteiger partial charge in [-0.25, -0.2) is 18.1 Å². The topological polar surface area (TPSA) is 125 Å². The smallest absolute Gasteiger partial charge is 0.312 e. The number of nitrogens with two attached hydrogens (primary N) is 1. The van der Waals surface area contributed by atoms with E-state index in [-0.39, 0.29) is 29.3 Å². The van der Waals surface area contributed by atoms with Crippen LogP contribution in [0.4, 0.5) is 10.2 Å². The third kappa shape index (κ3) is 4.68. The van der Waals surface area contributed by atoms with E-state index in [1.807, 2.05) is 13.0 Å². The van der Waals surface area contributed by atoms with Crippen LogP contribution in [0, 0.1) is 13.0 Å². The Morgan fingerprint density at radius 1 is 1.25 bits per heavy atom. The number of ether oxygens (including phenoxy) is 1. The van der Waals surface area contributed by atoms with Crippen LogP contribution in [0.3, 0.4) is 0 Å². The van der Waals surface area contributed by atoms with Gasteiger partial charge in [-0.1, -0.05) is 6.07 Å². The minimum absolute atomic E-state index is 0.0353. The first-order valence-electron chi connectivity index (χ1n) is 10.4. The molecule has 0 atom stereocenters. The molecule has 0 aliphatic carbocycles. The molecule has 1 aliphatic rings. The van der Waals surface area contributed by atoms with E-state index >= 15 is 0 Å². The predicted octanol–water partition coefficient (Wildman–Crippen LogP) is 2.10. The Bertz CT molecular complexity index is 1300. The third-order valence-electron chi connectivity index (χ3n) is 5.22. The van der Waals surface area contributed by atoms with Gasteiger partial charge in [-0.15, -0.1) is 0 Å². The van der Waals surface area contributed by atoms with Crippen LogP contribution in [0.1, 0.15) is 43.3 Å². The van der Waals surface area contributed by atoms with Crippen molar-refractivity contribution >= 4 is 27.0 Å². The lowest BCUT2D eigenvalue weighted by molar-refractivity contribution is 0.356. The number of nitrogen functional groups attached to an aromatic ring is 1. The van der Waals surface area contributed by atoms with Crippen LogP contribution < -0.4 is 15.2 Å². The zero-order valence-electron chi connectivity index (χ0n) is 18.6. The van der Waals surface area contributed by atoms with Crippen LogP contribution >= 0.6 is 0 Å². The molecule has 4 rings (SSSR count). The molecular weight excluding hydrogens is 435 g/mol. The van der Waals surface area contributed by atoms with E-state index < -0.39 is 21.6 Å². The van der Waals surface area contributed by atoms with Crippen molar-refractivity contribution in [3.05, 3.63) is 40.7 Å². The van der Waals surface area contributed by atoms with Crippen LogP contribution in [-0.2, 0) is 29.4 Å². The standard InChI is InChI=1S/C21H27FN6O3S/c1-12-9-13-5-7-31-15(13)10-14(12)11-16-24-17-18(23)25-20(22)26-19(17)28(16)6-8-32(29,30)27-21(2,3)4/h9-10,27H,5-8,11H2,1-4H3,(H2,23,25,26). The zero-order chi connectivity index (χ0) is 23.3. The first-order valence-corrected chi connectivity index (χ1v) is 12.0. The average Bonchev–Trinajstić information content (AvgIpc) is 3.22. The van der Waals surface area contributed by atoms with Crippen molar-refractivity contribution in [3.8, 4) is 5.75 Å². The fourth-order valence-electron chi connectivity index (χ4n) is 3.89. The molecule has 3 heterocycles. The van der Waals surface area contributed by atoms with Gasteiger partial charge in [0.2, 0.25) is 10.0 Å². The van der Waals surface area contributed by atoms with Crippen LogP contribution in [0.15, 0.2) is 12.1 Å². The molecule has 1 aliphatic heterocycles. The maximum absolute atomic E-state index is 13.9. The highest BCUT2D eigenvalue weighted by molar-refractivity contribution is 7.89. The highest BCUT2D eigenvalue weighted by Crippen LogP contribution is 2.30. The number of aryl methyl sites for hydroxylation is 2. The van der Waals surface area contributed by atoms with Gasteiger partial charge in [0, 0.05) is 24.9 Å². The summed E-state index contributed by atoms with van der Waals surface area (Å²) in [6.07, 6.45) is 0.270. The zero-order valence-corrected chi connectivity index (χ0v) is 19.4. The molecular formula is C21H27FN6O3S. The maximum atomic E-state index is 13.9. The number of fused-ring (bicyclic) bond motifs is 2. The number of nitrogens with one attached hydrogen (secondary N) is 1. The minimum atomic E-state index is -3.60. The van der Waals surface area contributed by atoms with E-state index in [2.05, 4.69) is 25.7 Å². The molecule has 0 unspecified atom stereocenters. The molecule has 11 heteroatoms. The Kier molecular flexibility index (Phi) is 5.58. The molecule has 0 amide bonds. The summed E-state index contributed by atoms with van der Waals surface area (Å²) in [5, 5.41) is 0. The van der Waals surface area contributed by atoms with Gasteiger partial charge in [0.05, 0.1) is 12.4 Å². The number of imidazole rings is 1. The number of aromatic nitrogens is 4. The Morgan fingerprint density at radius 2 is 2.00 bits per heavy atom. The van der Waals surface area contributed by atoms with E-state index in [1.54, 1.807) is 25.3 Å². The van der Waals surface area contributed by atoms with E-state index in [0.717, 1.165) is 28.9 Å². The van der Waals surface area contributed by atoms with Crippen molar-refractivity contribution in [2.45, 2.75) is 52.6 Å². The molecule has 0 bridgehead atoms.